The van der Waals surface area contributed by atoms with Gasteiger partial charge in [-0.25, -0.2) is 9.59 Å². The van der Waals surface area contributed by atoms with Crippen molar-refractivity contribution in [2.45, 2.75) is 95.6 Å². The molecule has 5 amide bonds. The Balaban J connectivity index is 1.33. The van der Waals surface area contributed by atoms with Gasteiger partial charge in [-0.3, -0.25) is 25.2 Å². The molecule has 2 saturated heterocycles. The summed E-state index contributed by atoms with van der Waals surface area (Å²) >= 11 is 1.22. The van der Waals surface area contributed by atoms with Crippen molar-refractivity contribution >= 4 is 47.4 Å². The number of alkyl carbamates (subject to hydrolysis) is 1. The third-order valence-electron chi connectivity index (χ3n) is 8.70. The number of hydrogen-bond acceptors (Lipinski definition) is 9. The van der Waals surface area contributed by atoms with E-state index < -0.39 is 70.9 Å². The van der Waals surface area contributed by atoms with Crippen LogP contribution in [0.1, 0.15) is 70.3 Å². The van der Waals surface area contributed by atoms with Crippen molar-refractivity contribution in [1.29, 1.82) is 0 Å². The van der Waals surface area contributed by atoms with Gasteiger partial charge in [0.2, 0.25) is 5.91 Å². The van der Waals surface area contributed by atoms with E-state index in [9.17, 15) is 41.5 Å². The van der Waals surface area contributed by atoms with Crippen LogP contribution in [0, 0.1) is 11.3 Å². The molecule has 1 saturated carbocycles. The summed E-state index contributed by atoms with van der Waals surface area (Å²) in [5.41, 5.74) is 3.16. The van der Waals surface area contributed by atoms with Crippen molar-refractivity contribution in [1.82, 2.24) is 21.1 Å². The predicted molar refractivity (Wildman–Crippen MR) is 188 cm³/mol. The van der Waals surface area contributed by atoms with Gasteiger partial charge in [0.15, 0.2) is 0 Å². The zero-order valence-electron chi connectivity index (χ0n) is 30.6. The van der Waals surface area contributed by atoms with E-state index in [0.29, 0.717) is 29.8 Å². The highest BCUT2D eigenvalue weighted by Crippen LogP contribution is 2.50. The minimum absolute atomic E-state index is 0.0620. The third-order valence-corrected chi connectivity index (χ3v) is 9.85. The number of carbonyl (C=O) groups excluding carboxylic acids is 5. The highest BCUT2D eigenvalue weighted by molar-refractivity contribution is 7.99. The highest BCUT2D eigenvalue weighted by Gasteiger charge is 2.56. The van der Waals surface area contributed by atoms with Gasteiger partial charge < -0.3 is 29.3 Å². The maximum atomic E-state index is 14.0. The van der Waals surface area contributed by atoms with Crippen LogP contribution in [0.4, 0.5) is 32.8 Å². The number of hydrazine groups is 1. The number of halogens is 4. The Labute approximate surface area is 313 Å². The van der Waals surface area contributed by atoms with Gasteiger partial charge in [0.05, 0.1) is 17.6 Å². The fraction of sp³-hybridized carbons (Fsp3) is 0.528. The molecular weight excluding hydrogens is 738 g/mol. The number of nitrogens with zero attached hydrogens (tertiary/aromatic N) is 2. The molecule has 0 radical (unpaired) electrons. The maximum Gasteiger partial charge on any atom is 0.461 e. The molecule has 294 valence electrons. The second kappa shape index (κ2) is 15.2. The molecule has 1 aliphatic carbocycles. The van der Waals surface area contributed by atoms with E-state index in [0.717, 1.165) is 12.1 Å². The zero-order valence-corrected chi connectivity index (χ0v) is 31.4. The van der Waals surface area contributed by atoms with E-state index in [1.165, 1.54) is 45.8 Å². The molecule has 3 aliphatic heterocycles. The van der Waals surface area contributed by atoms with Gasteiger partial charge in [-0.2, -0.15) is 17.6 Å². The quantitative estimate of drug-likeness (QED) is 0.221. The van der Waals surface area contributed by atoms with E-state index in [1.807, 2.05) is 0 Å². The Morgan fingerprint density at radius 2 is 1.59 bits per heavy atom. The molecular formula is C36H43F4N5O8S. The fourth-order valence-electron chi connectivity index (χ4n) is 6.39. The lowest BCUT2D eigenvalue weighted by Crippen LogP contribution is -2.65. The smallest absolute Gasteiger partial charge is 0.444 e. The first-order valence-corrected chi connectivity index (χ1v) is 18.1. The van der Waals surface area contributed by atoms with Gasteiger partial charge in [-0.1, -0.05) is 12.1 Å². The van der Waals surface area contributed by atoms with Crippen LogP contribution < -0.4 is 25.8 Å². The number of thioether (sulfide) groups is 1. The fourth-order valence-corrected chi connectivity index (χ4v) is 7.45. The summed E-state index contributed by atoms with van der Waals surface area (Å²) in [6, 6.07) is 8.16. The van der Waals surface area contributed by atoms with Crippen molar-refractivity contribution < 1.29 is 55.7 Å². The molecule has 2 aromatic rings. The number of alkyl halides is 4. The van der Waals surface area contributed by atoms with Crippen LogP contribution in [0.15, 0.2) is 47.4 Å². The summed E-state index contributed by atoms with van der Waals surface area (Å²) in [7, 11) is 0. The van der Waals surface area contributed by atoms with Crippen molar-refractivity contribution in [3.8, 4) is 5.75 Å². The third kappa shape index (κ3) is 9.67. The van der Waals surface area contributed by atoms with Gasteiger partial charge >= 0.3 is 24.7 Å². The number of benzene rings is 2. The summed E-state index contributed by atoms with van der Waals surface area (Å²) in [5, 5.41) is 2.58. The molecule has 6 rings (SSSR count). The van der Waals surface area contributed by atoms with Crippen LogP contribution in [0.5, 0.6) is 5.75 Å². The largest absolute Gasteiger partial charge is 0.461 e. The van der Waals surface area contributed by atoms with Crippen molar-refractivity contribution in [3.63, 3.8) is 0 Å². The molecule has 2 aromatic carbocycles. The molecule has 0 spiro atoms. The van der Waals surface area contributed by atoms with E-state index in [4.69, 9.17) is 9.47 Å². The summed E-state index contributed by atoms with van der Waals surface area (Å²) in [5.74, 6) is -2.08. The molecule has 2 bridgehead atoms. The SMILES string of the molecule is CC(C)(C)OC(=O)N[C@H]1CSc2ccc(C(=O)NNC(=O)C34CC(CN(C(=O)OC(C)(C)C)C3)C4)cc2N(Cc2ccc(OC(F)(F)C(F)F)cc2)C1=O. The maximum absolute atomic E-state index is 14.0. The molecule has 3 fully saturated rings. The molecule has 0 unspecified atom stereocenters. The number of fused-ring (bicyclic) bond motifs is 3. The highest BCUT2D eigenvalue weighted by atomic mass is 32.2. The number of hydrogen-bond donors (Lipinski definition) is 3. The Morgan fingerprint density at radius 3 is 2.20 bits per heavy atom. The monoisotopic (exact) mass is 781 g/mol. The first-order valence-electron chi connectivity index (χ1n) is 17.1. The summed E-state index contributed by atoms with van der Waals surface area (Å²) < 4.78 is 67.3. The molecule has 4 aliphatic rings. The van der Waals surface area contributed by atoms with E-state index in [-0.39, 0.29) is 36.0 Å². The van der Waals surface area contributed by atoms with E-state index >= 15 is 0 Å². The summed E-state index contributed by atoms with van der Waals surface area (Å²) in [4.78, 5) is 69.6. The lowest BCUT2D eigenvalue weighted by atomic mass is 9.58. The molecule has 0 aromatic heterocycles. The average molecular weight is 782 g/mol. The average Bonchev–Trinajstić information content (AvgIpc) is 3.17. The molecule has 1 atom stereocenters. The van der Waals surface area contributed by atoms with Gasteiger partial charge in [-0.15, -0.1) is 11.8 Å². The molecule has 54 heavy (non-hydrogen) atoms. The first kappa shape index (κ1) is 40.4. The first-order chi connectivity index (χ1) is 25.0. The normalized spacial score (nSPS) is 21.3. The predicted octanol–water partition coefficient (Wildman–Crippen LogP) is 5.86. The van der Waals surface area contributed by atoms with E-state index in [1.54, 1.807) is 47.6 Å². The molecule has 13 nitrogen and oxygen atoms in total. The molecule has 3 N–H and O–H groups in total. The van der Waals surface area contributed by atoms with Crippen molar-refractivity contribution in [2.24, 2.45) is 11.3 Å². The van der Waals surface area contributed by atoms with Gasteiger partial charge in [0, 0.05) is 29.3 Å². The van der Waals surface area contributed by atoms with E-state index in [2.05, 4.69) is 20.9 Å². The topological polar surface area (TPSA) is 156 Å². The zero-order chi connectivity index (χ0) is 39.8. The minimum Gasteiger partial charge on any atom is -0.444 e. The molecule has 18 heteroatoms. The number of anilines is 1. The second-order valence-corrected chi connectivity index (χ2v) is 16.6. The Bertz CT molecular complexity index is 1780. The Hall–Kier alpha value is -4.74. The van der Waals surface area contributed by atoms with Crippen LogP contribution in [-0.2, 0) is 25.6 Å². The Kier molecular flexibility index (Phi) is 11.4. The summed E-state index contributed by atoms with van der Waals surface area (Å²) in [6.45, 7) is 10.7. The van der Waals surface area contributed by atoms with Gasteiger partial charge in [0.25, 0.3) is 11.8 Å². The number of piperidine rings is 2. The second-order valence-electron chi connectivity index (χ2n) is 15.5. The van der Waals surface area contributed by atoms with Crippen LogP contribution >= 0.6 is 11.8 Å². The summed E-state index contributed by atoms with van der Waals surface area (Å²) in [6.07, 6.45) is -9.04. The van der Waals surface area contributed by atoms with Crippen molar-refractivity contribution in [2.75, 3.05) is 23.7 Å². The van der Waals surface area contributed by atoms with Crippen LogP contribution in [0.2, 0.25) is 0 Å². The minimum atomic E-state index is -4.72. The molecule has 3 heterocycles. The van der Waals surface area contributed by atoms with Crippen LogP contribution in [0.25, 0.3) is 0 Å². The number of carbonyl (C=O) groups is 5. The van der Waals surface area contributed by atoms with Crippen LogP contribution in [-0.4, -0.2) is 83.4 Å². The number of rotatable bonds is 8. The van der Waals surface area contributed by atoms with Crippen LogP contribution in [0.3, 0.4) is 0 Å². The Morgan fingerprint density at radius 1 is 0.944 bits per heavy atom. The van der Waals surface area contributed by atoms with Crippen molar-refractivity contribution in [3.05, 3.63) is 53.6 Å². The lowest BCUT2D eigenvalue weighted by Gasteiger charge is -2.54. The number of nitrogens with one attached hydrogen (secondary N) is 3. The number of amides is 5. The van der Waals surface area contributed by atoms with Gasteiger partial charge in [0.1, 0.15) is 23.0 Å². The standard InChI is InChI=1S/C36H43F4N5O8S/c1-33(2,3)52-31(49)41-24-18-54-26-12-9-22(13-25(26)45(28(24)47)17-20-7-10-23(11-8-20)51-36(39,40)29(37)38)27(46)42-43-30(48)35-14-21(15-35)16-44(19-35)32(50)53-34(4,5)6/h7-13,21,24,29H,14-19H2,1-6H3,(H,41,49)(H,42,46)(H,43,48)/t21?,24-,35?/m0/s1. The van der Waals surface area contributed by atoms with Gasteiger partial charge in [-0.05, 0) is 96.2 Å². The number of ether oxygens (including phenoxy) is 3. The lowest BCUT2D eigenvalue weighted by molar-refractivity contribution is -0.253.